The highest BCUT2D eigenvalue weighted by atomic mass is 31.2. The third-order valence-electron chi connectivity index (χ3n) is 16.4. The monoisotopic (exact) mass is 1100 g/mol. The van der Waals surface area contributed by atoms with E-state index in [1.54, 1.807) is 0 Å². The molecule has 0 radical (unpaired) electrons. The molecule has 8 heteroatoms. The molecule has 7 nitrogen and oxygen atoms in total. The zero-order valence-corrected chi connectivity index (χ0v) is 54.0. The summed E-state index contributed by atoms with van der Waals surface area (Å²) in [6, 6.07) is 12.5. The highest BCUT2D eigenvalue weighted by Crippen LogP contribution is 2.46. The van der Waals surface area contributed by atoms with E-state index in [9.17, 15) is 25.3 Å². The summed E-state index contributed by atoms with van der Waals surface area (Å²) in [5.74, 6) is 1.34. The Balaban J connectivity index is 0.000000812. The fraction of sp³-hybridized carbons (Fsp3) is 0.826. The number of hydrogen-bond donors (Lipinski definition) is 5. The number of aliphatic hydroxyl groups is 4. The Bertz CT molecular complexity index is 1620. The molecule has 0 bridgehead atoms. The van der Waals surface area contributed by atoms with Crippen LogP contribution in [0.25, 0.3) is 0 Å². The van der Waals surface area contributed by atoms with Crippen LogP contribution >= 0.6 is 8.60 Å². The summed E-state index contributed by atoms with van der Waals surface area (Å²) < 4.78 is 12.0. The lowest BCUT2D eigenvalue weighted by Gasteiger charge is -2.44. The van der Waals surface area contributed by atoms with Gasteiger partial charge in [-0.25, -0.2) is 0 Å². The van der Waals surface area contributed by atoms with Crippen LogP contribution in [0.1, 0.15) is 337 Å². The Labute approximate surface area is 478 Å². The van der Waals surface area contributed by atoms with Crippen molar-refractivity contribution in [3.05, 3.63) is 58.7 Å². The molecule has 0 aromatic heterocycles. The highest BCUT2D eigenvalue weighted by Gasteiger charge is 2.48. The maximum Gasteiger partial charge on any atom is 0.460 e. The van der Waals surface area contributed by atoms with Crippen molar-refractivity contribution in [2.75, 3.05) is 19.8 Å². The van der Waals surface area contributed by atoms with Gasteiger partial charge in [0.2, 0.25) is 0 Å². The topological polar surface area (TPSA) is 120 Å². The van der Waals surface area contributed by atoms with E-state index in [2.05, 4.69) is 121 Å². The second-order valence-electron chi connectivity index (χ2n) is 27.7. The van der Waals surface area contributed by atoms with Crippen LogP contribution in [-0.4, -0.2) is 50.7 Å². The minimum atomic E-state index is -2.14. The SMILES string of the molecule is CC(C)(C)c1ccc(OP(O)Oc2ccc(C(C)(C)C)cc2C(C)(C)C)c(C(C)(C)C)c1.CCCCCCCCCCCCCCCCCCC(O)(CCCCCCCCCCCCCCCCCC)C(CO)(CO)CO. The summed E-state index contributed by atoms with van der Waals surface area (Å²) in [6.07, 6.45) is 43.0. The van der Waals surface area contributed by atoms with Crippen LogP contribution in [0.15, 0.2) is 36.4 Å². The Morgan fingerprint density at radius 2 is 0.584 bits per heavy atom. The van der Waals surface area contributed by atoms with Crippen molar-refractivity contribution in [3.8, 4) is 11.5 Å². The van der Waals surface area contributed by atoms with E-state index in [0.717, 1.165) is 36.8 Å². The van der Waals surface area contributed by atoms with Crippen molar-refractivity contribution < 1.29 is 34.4 Å². The molecule has 0 fully saturated rings. The number of unbranched alkanes of at least 4 members (excludes halogenated alkanes) is 30. The molecule has 0 saturated heterocycles. The van der Waals surface area contributed by atoms with E-state index >= 15 is 0 Å². The molecule has 0 unspecified atom stereocenters. The molecule has 0 amide bonds. The van der Waals surface area contributed by atoms with E-state index in [4.69, 9.17) is 9.05 Å². The normalized spacial score (nSPS) is 12.8. The number of rotatable bonds is 42. The maximum absolute atomic E-state index is 11.7. The van der Waals surface area contributed by atoms with Gasteiger partial charge in [-0.1, -0.05) is 327 Å². The minimum absolute atomic E-state index is 0.0371. The van der Waals surface area contributed by atoms with Crippen molar-refractivity contribution >= 4 is 8.60 Å². The summed E-state index contributed by atoms with van der Waals surface area (Å²) in [5, 5.41) is 42.0. The number of hydrogen-bond acceptors (Lipinski definition) is 7. The fourth-order valence-corrected chi connectivity index (χ4v) is 11.4. The first-order chi connectivity index (χ1) is 36.4. The second kappa shape index (κ2) is 39.7. The fourth-order valence-electron chi connectivity index (χ4n) is 10.7. The van der Waals surface area contributed by atoms with Gasteiger partial charge in [-0.3, -0.25) is 0 Å². The van der Waals surface area contributed by atoms with Gasteiger partial charge < -0.3 is 34.4 Å². The summed E-state index contributed by atoms with van der Waals surface area (Å²) in [7, 11) is -2.14. The quantitative estimate of drug-likeness (QED) is 0.0332. The third-order valence-corrected chi connectivity index (χ3v) is 17.1. The summed E-state index contributed by atoms with van der Waals surface area (Å²) in [6.45, 7) is 29.6. The van der Waals surface area contributed by atoms with Gasteiger partial charge in [0.15, 0.2) is 0 Å². The Kier molecular flexibility index (Phi) is 37.7. The Morgan fingerprint density at radius 3 is 0.792 bits per heavy atom. The van der Waals surface area contributed by atoms with Gasteiger partial charge in [0, 0.05) is 11.1 Å². The van der Waals surface area contributed by atoms with Crippen LogP contribution in [0, 0.1) is 5.41 Å². The smallest absolute Gasteiger partial charge is 0.418 e. The van der Waals surface area contributed by atoms with E-state index in [0.29, 0.717) is 24.3 Å². The lowest BCUT2D eigenvalue weighted by Crippen LogP contribution is -2.55. The number of aliphatic hydroxyl groups excluding tert-OH is 3. The molecule has 0 saturated carbocycles. The molecule has 0 atom stereocenters. The first-order valence-electron chi connectivity index (χ1n) is 32.1. The first kappa shape index (κ1) is 73.3. The third kappa shape index (κ3) is 30.8. The molecule has 2 aromatic carbocycles. The highest BCUT2D eigenvalue weighted by molar-refractivity contribution is 7.41. The van der Waals surface area contributed by atoms with Gasteiger partial charge in [-0.2, -0.15) is 0 Å². The molecule has 0 aliphatic heterocycles. The lowest BCUT2D eigenvalue weighted by molar-refractivity contribution is -0.162. The van der Waals surface area contributed by atoms with Gasteiger partial charge in [0.05, 0.1) is 30.8 Å². The zero-order valence-electron chi connectivity index (χ0n) is 53.1. The van der Waals surface area contributed by atoms with Crippen LogP contribution < -0.4 is 9.05 Å². The molecular formula is C69H127O7P. The first-order valence-corrected chi connectivity index (χ1v) is 33.2. The maximum atomic E-state index is 11.7. The molecule has 77 heavy (non-hydrogen) atoms. The Morgan fingerprint density at radius 1 is 0.351 bits per heavy atom. The standard InChI is InChI=1S/C41H84O4.C28H43O3P/c1-3-5-7-9-11-13-15-17-19-21-23-25-27-29-31-33-35-41(45,40(37-42,38-43)39-44)36-34-32-30-28-26-24-22-20-18-16-14-12-10-8-6-4-2;1-25(2,3)19-13-15-23(21(17-19)27(7,8)9)30-32(29)31-24-16-14-20(26(4,5)6)18-22(24)28(10,11)12/h42-45H,3-39H2,1-2H3;13-18,29H,1-12H3. The van der Waals surface area contributed by atoms with Crippen molar-refractivity contribution in [2.45, 2.75) is 343 Å². The number of benzene rings is 2. The van der Waals surface area contributed by atoms with E-state index in [1.807, 2.05) is 12.1 Å². The molecular weight excluding hydrogens is 972 g/mol. The van der Waals surface area contributed by atoms with E-state index in [1.165, 1.54) is 191 Å². The van der Waals surface area contributed by atoms with Gasteiger partial charge in [0.1, 0.15) is 11.5 Å². The second-order valence-corrected chi connectivity index (χ2v) is 28.6. The van der Waals surface area contributed by atoms with Crippen LogP contribution in [0.4, 0.5) is 0 Å². The van der Waals surface area contributed by atoms with Gasteiger partial charge in [-0.15, -0.1) is 0 Å². The Hall–Kier alpha value is -1.73. The van der Waals surface area contributed by atoms with Crippen LogP contribution in [0.5, 0.6) is 11.5 Å². The molecule has 0 heterocycles. The molecule has 2 rings (SSSR count). The predicted molar refractivity (Wildman–Crippen MR) is 335 cm³/mol. The van der Waals surface area contributed by atoms with Gasteiger partial charge in [-0.05, 0) is 57.8 Å². The summed E-state index contributed by atoms with van der Waals surface area (Å²) >= 11 is 0. The van der Waals surface area contributed by atoms with Crippen molar-refractivity contribution in [2.24, 2.45) is 5.41 Å². The average Bonchev–Trinajstić information content (AvgIpc) is 3.36. The predicted octanol–water partition coefficient (Wildman–Crippen LogP) is 20.5. The van der Waals surface area contributed by atoms with Gasteiger partial charge >= 0.3 is 8.60 Å². The van der Waals surface area contributed by atoms with Gasteiger partial charge in [0.25, 0.3) is 0 Å². The minimum Gasteiger partial charge on any atom is -0.418 e. The molecule has 2 aromatic rings. The van der Waals surface area contributed by atoms with Crippen LogP contribution in [0.2, 0.25) is 0 Å². The molecule has 5 N–H and O–H groups in total. The van der Waals surface area contributed by atoms with Crippen molar-refractivity contribution in [1.29, 1.82) is 0 Å². The van der Waals surface area contributed by atoms with Crippen molar-refractivity contribution in [3.63, 3.8) is 0 Å². The summed E-state index contributed by atoms with van der Waals surface area (Å²) in [4.78, 5) is 10.8. The largest absolute Gasteiger partial charge is 0.460 e. The summed E-state index contributed by atoms with van der Waals surface area (Å²) in [5.41, 5.74) is 2.00. The van der Waals surface area contributed by atoms with E-state index in [-0.39, 0.29) is 41.5 Å². The average molecular weight is 1100 g/mol. The molecule has 0 aliphatic rings. The van der Waals surface area contributed by atoms with Crippen molar-refractivity contribution in [1.82, 2.24) is 0 Å². The van der Waals surface area contributed by atoms with E-state index < -0.39 is 19.6 Å². The molecule has 0 spiro atoms. The van der Waals surface area contributed by atoms with Crippen LogP contribution in [0.3, 0.4) is 0 Å². The van der Waals surface area contributed by atoms with Crippen LogP contribution in [-0.2, 0) is 21.7 Å². The molecule has 0 aliphatic carbocycles. The molecule has 450 valence electrons. The zero-order chi connectivity index (χ0) is 57.9. The lowest BCUT2D eigenvalue weighted by atomic mass is 9.68.